The number of thiophene rings is 1. The van der Waals surface area contributed by atoms with Crippen molar-refractivity contribution in [2.24, 2.45) is 5.73 Å². The molecule has 2 aromatic rings. The molecule has 1 amide bonds. The summed E-state index contributed by atoms with van der Waals surface area (Å²) in [6.07, 6.45) is 0. The first-order valence-corrected chi connectivity index (χ1v) is 7.54. The number of halogens is 1. The lowest BCUT2D eigenvalue weighted by Gasteiger charge is -2.06. The average molecular weight is 360 g/mol. The number of hydrogen-bond acceptors (Lipinski definition) is 4. The first-order valence-electron chi connectivity index (χ1n) is 5.94. The third kappa shape index (κ3) is 3.93. The molecule has 0 saturated carbocycles. The summed E-state index contributed by atoms with van der Waals surface area (Å²) in [6.45, 7) is 0.289. The van der Waals surface area contributed by atoms with Crippen LogP contribution in [-0.4, -0.2) is 12.5 Å². The number of carbonyl (C=O) groups excluding carboxylic acids is 1. The molecule has 104 valence electrons. The number of hydrogen-bond donors (Lipinski definition) is 2. The second kappa shape index (κ2) is 7.05. The molecule has 0 atom stereocenters. The van der Waals surface area contributed by atoms with Gasteiger partial charge in [0.2, 0.25) is 0 Å². The lowest BCUT2D eigenvalue weighted by molar-refractivity contribution is 0.103. The van der Waals surface area contributed by atoms with Crippen LogP contribution in [0.2, 0.25) is 0 Å². The summed E-state index contributed by atoms with van der Waals surface area (Å²) >= 11 is 4.63. The van der Waals surface area contributed by atoms with Crippen LogP contribution in [-0.2, 0) is 0 Å². The highest BCUT2D eigenvalue weighted by molar-refractivity contribution is 9.10. The molecule has 1 aromatic heterocycles. The minimum Gasteiger partial charge on any atom is -0.320 e. The molecule has 6 heteroatoms. The Balaban J connectivity index is 2.15. The van der Waals surface area contributed by atoms with Crippen LogP contribution in [0.5, 0.6) is 0 Å². The number of anilines is 1. The maximum Gasteiger partial charge on any atom is 0.265 e. The standard InChI is InChI=1S/C15H10BrN3OS/c16-12-8-10(9-18)3-5-13(12)19-15(20)14-6-4-11(21-14)2-1-7-17/h3-6,8H,7,17H2,(H,19,20). The molecule has 0 unspecified atom stereocenters. The van der Waals surface area contributed by atoms with Gasteiger partial charge in [0.1, 0.15) is 0 Å². The number of amides is 1. The number of carbonyl (C=O) groups is 1. The van der Waals surface area contributed by atoms with Crippen LogP contribution in [0.4, 0.5) is 5.69 Å². The average Bonchev–Trinajstić information content (AvgIpc) is 2.96. The van der Waals surface area contributed by atoms with Crippen LogP contribution in [0, 0.1) is 23.2 Å². The zero-order chi connectivity index (χ0) is 15.2. The minimum absolute atomic E-state index is 0.216. The van der Waals surface area contributed by atoms with Crippen LogP contribution < -0.4 is 11.1 Å². The van der Waals surface area contributed by atoms with E-state index < -0.39 is 0 Å². The van der Waals surface area contributed by atoms with E-state index in [9.17, 15) is 4.79 Å². The lowest BCUT2D eigenvalue weighted by atomic mass is 10.2. The number of rotatable bonds is 2. The van der Waals surface area contributed by atoms with Crippen molar-refractivity contribution in [2.45, 2.75) is 0 Å². The molecule has 3 N–H and O–H groups in total. The molecule has 0 aliphatic heterocycles. The van der Waals surface area contributed by atoms with Crippen LogP contribution >= 0.6 is 27.3 Å². The van der Waals surface area contributed by atoms with Gasteiger partial charge in [-0.05, 0) is 46.3 Å². The zero-order valence-corrected chi connectivity index (χ0v) is 13.2. The Labute approximate surface area is 134 Å². The van der Waals surface area contributed by atoms with Crippen LogP contribution in [0.1, 0.15) is 20.1 Å². The van der Waals surface area contributed by atoms with E-state index in [0.717, 1.165) is 4.88 Å². The number of nitriles is 1. The topological polar surface area (TPSA) is 78.9 Å². The largest absolute Gasteiger partial charge is 0.320 e. The molecule has 0 spiro atoms. The molecular weight excluding hydrogens is 350 g/mol. The monoisotopic (exact) mass is 359 g/mol. The van der Waals surface area contributed by atoms with E-state index in [4.69, 9.17) is 11.0 Å². The molecule has 1 aromatic carbocycles. The quantitative estimate of drug-likeness (QED) is 0.809. The minimum atomic E-state index is -0.216. The second-order valence-electron chi connectivity index (χ2n) is 3.93. The smallest absolute Gasteiger partial charge is 0.265 e. The SMILES string of the molecule is N#Cc1ccc(NC(=O)c2ccc(C#CCN)s2)c(Br)c1. The fraction of sp³-hybridized carbons (Fsp3) is 0.0667. The number of nitrogens with one attached hydrogen (secondary N) is 1. The molecule has 21 heavy (non-hydrogen) atoms. The predicted octanol–water partition coefficient (Wildman–Crippen LogP) is 2.94. The molecule has 0 aliphatic rings. The molecule has 0 saturated heterocycles. The Bertz CT molecular complexity index is 780. The summed E-state index contributed by atoms with van der Waals surface area (Å²) in [7, 11) is 0. The van der Waals surface area contributed by atoms with Crippen LogP contribution in [0.15, 0.2) is 34.8 Å². The van der Waals surface area contributed by atoms with Gasteiger partial charge in [0, 0.05) is 4.47 Å². The first kappa shape index (κ1) is 15.3. The maximum atomic E-state index is 12.1. The molecule has 2 rings (SSSR count). The van der Waals surface area contributed by atoms with Crippen molar-refractivity contribution >= 4 is 38.9 Å². The summed E-state index contributed by atoms with van der Waals surface area (Å²) in [5.74, 6) is 5.42. The third-order valence-electron chi connectivity index (χ3n) is 2.49. The molecule has 0 aliphatic carbocycles. The normalized spacial score (nSPS) is 9.38. The highest BCUT2D eigenvalue weighted by atomic mass is 79.9. The van der Waals surface area contributed by atoms with Gasteiger partial charge >= 0.3 is 0 Å². The summed E-state index contributed by atoms with van der Waals surface area (Å²) in [6, 6.07) is 10.5. The fourth-order valence-corrected chi connectivity index (χ4v) is 2.79. The first-order chi connectivity index (χ1) is 10.1. The second-order valence-corrected chi connectivity index (χ2v) is 5.87. The summed E-state index contributed by atoms with van der Waals surface area (Å²) in [5.41, 5.74) is 6.45. The molecule has 0 radical (unpaired) electrons. The Kier molecular flexibility index (Phi) is 5.13. The van der Waals surface area contributed by atoms with Gasteiger partial charge < -0.3 is 11.1 Å². The Morgan fingerprint density at radius 1 is 1.38 bits per heavy atom. The Morgan fingerprint density at radius 3 is 2.86 bits per heavy atom. The van der Waals surface area contributed by atoms with Gasteiger partial charge in [0.25, 0.3) is 5.91 Å². The molecular formula is C15H10BrN3OS. The third-order valence-corrected chi connectivity index (χ3v) is 4.15. The summed E-state index contributed by atoms with van der Waals surface area (Å²) in [4.78, 5) is 13.5. The van der Waals surface area contributed by atoms with Crippen molar-refractivity contribution in [3.63, 3.8) is 0 Å². The van der Waals surface area contributed by atoms with Crippen molar-refractivity contribution < 1.29 is 4.79 Å². The van der Waals surface area contributed by atoms with Crippen LogP contribution in [0.25, 0.3) is 0 Å². The highest BCUT2D eigenvalue weighted by Gasteiger charge is 2.11. The summed E-state index contributed by atoms with van der Waals surface area (Å²) in [5, 5.41) is 11.6. The van der Waals surface area contributed by atoms with E-state index in [1.54, 1.807) is 30.3 Å². The van der Waals surface area contributed by atoms with Crippen molar-refractivity contribution in [1.29, 1.82) is 5.26 Å². The number of nitrogens with zero attached hydrogens (tertiary/aromatic N) is 1. The molecule has 1 heterocycles. The molecule has 4 nitrogen and oxygen atoms in total. The van der Waals surface area contributed by atoms with E-state index >= 15 is 0 Å². The van der Waals surface area contributed by atoms with E-state index in [-0.39, 0.29) is 12.5 Å². The van der Waals surface area contributed by atoms with E-state index in [1.165, 1.54) is 11.3 Å². The number of benzene rings is 1. The fourth-order valence-electron chi connectivity index (χ4n) is 1.54. The lowest BCUT2D eigenvalue weighted by Crippen LogP contribution is -2.10. The van der Waals surface area contributed by atoms with Crippen molar-refractivity contribution in [3.05, 3.63) is 50.1 Å². The van der Waals surface area contributed by atoms with Crippen molar-refractivity contribution in [1.82, 2.24) is 0 Å². The van der Waals surface area contributed by atoms with E-state index in [2.05, 4.69) is 33.1 Å². The van der Waals surface area contributed by atoms with Gasteiger partial charge in [-0.2, -0.15) is 5.26 Å². The van der Waals surface area contributed by atoms with Gasteiger partial charge in [-0.1, -0.05) is 11.8 Å². The zero-order valence-electron chi connectivity index (χ0n) is 10.8. The Hall–Kier alpha value is -2.12. The van der Waals surface area contributed by atoms with Gasteiger partial charge in [0.15, 0.2) is 0 Å². The Morgan fingerprint density at radius 2 is 2.19 bits per heavy atom. The van der Waals surface area contributed by atoms with Crippen molar-refractivity contribution in [2.75, 3.05) is 11.9 Å². The molecule has 0 fully saturated rings. The summed E-state index contributed by atoms with van der Waals surface area (Å²) < 4.78 is 0.662. The van der Waals surface area contributed by atoms with Gasteiger partial charge in [-0.25, -0.2) is 0 Å². The predicted molar refractivity (Wildman–Crippen MR) is 87.1 cm³/mol. The van der Waals surface area contributed by atoms with E-state index in [0.29, 0.717) is 20.6 Å². The van der Waals surface area contributed by atoms with E-state index in [1.807, 2.05) is 6.07 Å². The molecule has 0 bridgehead atoms. The highest BCUT2D eigenvalue weighted by Crippen LogP contribution is 2.25. The maximum absolute atomic E-state index is 12.1. The number of nitrogens with two attached hydrogens (primary N) is 1. The van der Waals surface area contributed by atoms with Gasteiger partial charge in [0.05, 0.1) is 33.6 Å². The van der Waals surface area contributed by atoms with Gasteiger partial charge in [-0.3, -0.25) is 4.79 Å². The van der Waals surface area contributed by atoms with Crippen molar-refractivity contribution in [3.8, 4) is 17.9 Å². The van der Waals surface area contributed by atoms with Crippen LogP contribution in [0.3, 0.4) is 0 Å². The van der Waals surface area contributed by atoms with Gasteiger partial charge in [-0.15, -0.1) is 11.3 Å².